The Morgan fingerprint density at radius 2 is 1.25 bits per heavy atom. The summed E-state index contributed by atoms with van der Waals surface area (Å²) in [5, 5.41) is 8.91. The van der Waals surface area contributed by atoms with Gasteiger partial charge in [0.15, 0.2) is 0 Å². The SMILES string of the molecule is CCCCCCCCCCCCCC(O)CC(CC)S(=O)(=O)[O-].[Na+]. The monoisotopic (exact) mass is 372 g/mol. The first-order chi connectivity index (χ1) is 10.9. The molecule has 4 nitrogen and oxygen atoms in total. The molecule has 24 heavy (non-hydrogen) atoms. The van der Waals surface area contributed by atoms with Gasteiger partial charge < -0.3 is 9.66 Å². The Morgan fingerprint density at radius 3 is 1.62 bits per heavy atom. The average molecular weight is 373 g/mol. The van der Waals surface area contributed by atoms with Crippen molar-refractivity contribution in [1.82, 2.24) is 0 Å². The zero-order chi connectivity index (χ0) is 17.6. The Labute approximate surface area is 172 Å². The molecular formula is C18H37NaO4S. The van der Waals surface area contributed by atoms with Gasteiger partial charge in [0.1, 0.15) is 0 Å². The van der Waals surface area contributed by atoms with E-state index in [2.05, 4.69) is 6.92 Å². The van der Waals surface area contributed by atoms with E-state index in [9.17, 15) is 18.1 Å². The fourth-order valence-electron chi connectivity index (χ4n) is 2.95. The Hall–Kier alpha value is 0.870. The van der Waals surface area contributed by atoms with E-state index >= 15 is 0 Å². The molecule has 2 unspecified atom stereocenters. The van der Waals surface area contributed by atoms with E-state index in [-0.39, 0.29) is 42.4 Å². The molecule has 2 atom stereocenters. The third kappa shape index (κ3) is 16.3. The van der Waals surface area contributed by atoms with Gasteiger partial charge in [-0.15, -0.1) is 0 Å². The minimum atomic E-state index is -4.27. The summed E-state index contributed by atoms with van der Waals surface area (Å²) in [5.74, 6) is 0. The van der Waals surface area contributed by atoms with Crippen molar-refractivity contribution in [2.45, 2.75) is 115 Å². The van der Waals surface area contributed by atoms with E-state index in [0.29, 0.717) is 6.42 Å². The van der Waals surface area contributed by atoms with Crippen molar-refractivity contribution in [2.24, 2.45) is 0 Å². The molecule has 0 spiro atoms. The molecule has 0 aromatic heterocycles. The number of hydrogen-bond acceptors (Lipinski definition) is 4. The van der Waals surface area contributed by atoms with Gasteiger partial charge in [0, 0.05) is 0 Å². The van der Waals surface area contributed by atoms with Crippen LogP contribution in [0.2, 0.25) is 0 Å². The Balaban J connectivity index is 0. The van der Waals surface area contributed by atoms with Gasteiger partial charge in [-0.1, -0.05) is 84.5 Å². The zero-order valence-electron chi connectivity index (χ0n) is 16.1. The van der Waals surface area contributed by atoms with Crippen molar-refractivity contribution in [3.8, 4) is 0 Å². The molecule has 0 aliphatic rings. The maximum absolute atomic E-state index is 11.0. The summed E-state index contributed by atoms with van der Waals surface area (Å²) in [5.41, 5.74) is 0. The second-order valence-corrected chi connectivity index (χ2v) is 8.39. The van der Waals surface area contributed by atoms with Gasteiger partial charge >= 0.3 is 29.6 Å². The van der Waals surface area contributed by atoms with Crippen molar-refractivity contribution in [1.29, 1.82) is 0 Å². The minimum absolute atomic E-state index is 0. The van der Waals surface area contributed by atoms with Crippen LogP contribution in [-0.4, -0.2) is 29.4 Å². The van der Waals surface area contributed by atoms with Crippen LogP contribution in [0.25, 0.3) is 0 Å². The van der Waals surface area contributed by atoms with Crippen LogP contribution in [-0.2, 0) is 10.1 Å². The van der Waals surface area contributed by atoms with Crippen LogP contribution in [0.3, 0.4) is 0 Å². The van der Waals surface area contributed by atoms with E-state index in [1.165, 1.54) is 57.8 Å². The molecule has 0 saturated heterocycles. The Bertz CT molecular complexity index is 360. The molecule has 0 aliphatic heterocycles. The molecule has 6 heteroatoms. The first kappa shape index (κ1) is 27.1. The summed E-state index contributed by atoms with van der Waals surface area (Å²) < 4.78 is 33.0. The maximum Gasteiger partial charge on any atom is 1.00 e. The molecule has 0 bridgehead atoms. The van der Waals surface area contributed by atoms with Crippen LogP contribution in [0.5, 0.6) is 0 Å². The summed E-state index contributed by atoms with van der Waals surface area (Å²) in [7, 11) is -4.27. The van der Waals surface area contributed by atoms with Gasteiger partial charge in [0.2, 0.25) is 0 Å². The number of aliphatic hydroxyl groups is 1. The predicted molar refractivity (Wildman–Crippen MR) is 95.5 cm³/mol. The van der Waals surface area contributed by atoms with Crippen LogP contribution >= 0.6 is 0 Å². The average Bonchev–Trinajstić information content (AvgIpc) is 2.49. The zero-order valence-corrected chi connectivity index (χ0v) is 19.0. The molecule has 0 saturated carbocycles. The predicted octanol–water partition coefficient (Wildman–Crippen LogP) is 1.77. The quantitative estimate of drug-likeness (QED) is 0.254. The van der Waals surface area contributed by atoms with Crippen molar-refractivity contribution in [2.75, 3.05) is 0 Å². The largest absolute Gasteiger partial charge is 1.00 e. The number of unbranched alkanes of at least 4 members (excludes halogenated alkanes) is 10. The molecule has 0 rings (SSSR count). The summed E-state index contributed by atoms with van der Waals surface area (Å²) in [6.45, 7) is 3.91. The summed E-state index contributed by atoms with van der Waals surface area (Å²) in [6, 6.07) is 0. The summed E-state index contributed by atoms with van der Waals surface area (Å²) in [6.07, 6.45) is 14.1. The van der Waals surface area contributed by atoms with Crippen LogP contribution < -0.4 is 29.6 Å². The fourth-order valence-corrected chi connectivity index (χ4v) is 3.82. The molecule has 0 fully saturated rings. The smallest absolute Gasteiger partial charge is 0.748 e. The van der Waals surface area contributed by atoms with E-state index in [1.54, 1.807) is 6.92 Å². The van der Waals surface area contributed by atoms with E-state index in [1.807, 2.05) is 0 Å². The van der Waals surface area contributed by atoms with Crippen LogP contribution in [0.15, 0.2) is 0 Å². The van der Waals surface area contributed by atoms with Crippen molar-refractivity contribution < 1.29 is 47.6 Å². The fraction of sp³-hybridized carbons (Fsp3) is 1.00. The van der Waals surface area contributed by atoms with E-state index < -0.39 is 21.5 Å². The topological polar surface area (TPSA) is 77.4 Å². The van der Waals surface area contributed by atoms with E-state index in [0.717, 1.165) is 12.8 Å². The molecule has 0 amide bonds. The maximum atomic E-state index is 11.0. The molecule has 140 valence electrons. The molecule has 0 heterocycles. The van der Waals surface area contributed by atoms with Crippen LogP contribution in [0, 0.1) is 0 Å². The molecule has 0 aliphatic carbocycles. The Morgan fingerprint density at radius 1 is 0.833 bits per heavy atom. The van der Waals surface area contributed by atoms with Crippen molar-refractivity contribution in [3.63, 3.8) is 0 Å². The van der Waals surface area contributed by atoms with Gasteiger partial charge in [-0.3, -0.25) is 0 Å². The molecule has 1 N–H and O–H groups in total. The molecule has 0 radical (unpaired) electrons. The van der Waals surface area contributed by atoms with Gasteiger partial charge in [0.05, 0.1) is 21.5 Å². The normalized spacial score (nSPS) is 14.2. The first-order valence-electron chi connectivity index (χ1n) is 9.54. The minimum Gasteiger partial charge on any atom is -0.748 e. The van der Waals surface area contributed by atoms with Gasteiger partial charge in [0.25, 0.3) is 0 Å². The van der Waals surface area contributed by atoms with Gasteiger partial charge in [-0.2, -0.15) is 0 Å². The van der Waals surface area contributed by atoms with Gasteiger partial charge in [-0.25, -0.2) is 8.42 Å². The van der Waals surface area contributed by atoms with Crippen LogP contribution in [0.4, 0.5) is 0 Å². The second kappa shape index (κ2) is 17.3. The summed E-state index contributed by atoms with van der Waals surface area (Å²) in [4.78, 5) is 0. The van der Waals surface area contributed by atoms with Crippen molar-refractivity contribution >= 4 is 10.1 Å². The Kier molecular flexibility index (Phi) is 19.5. The standard InChI is InChI=1S/C18H38O4S.Na/c1-3-5-6-7-8-9-10-11-12-13-14-15-17(19)16-18(4-2)23(20,21)22;/h17-19H,3-16H2,1-2H3,(H,20,21,22);/q;+1/p-1. The van der Waals surface area contributed by atoms with E-state index in [4.69, 9.17) is 0 Å². The number of hydrogen-bond donors (Lipinski definition) is 1. The van der Waals surface area contributed by atoms with Crippen molar-refractivity contribution in [3.05, 3.63) is 0 Å². The third-order valence-electron chi connectivity index (χ3n) is 4.54. The number of aliphatic hydroxyl groups excluding tert-OH is 1. The second-order valence-electron chi connectivity index (χ2n) is 6.74. The third-order valence-corrected chi connectivity index (χ3v) is 5.88. The number of rotatable bonds is 16. The molecule has 0 aromatic rings. The molecular weight excluding hydrogens is 335 g/mol. The molecule has 0 aromatic carbocycles. The first-order valence-corrected chi connectivity index (χ1v) is 11.0. The van der Waals surface area contributed by atoms with Gasteiger partial charge in [-0.05, 0) is 19.3 Å². The summed E-state index contributed by atoms with van der Waals surface area (Å²) >= 11 is 0. The van der Waals surface area contributed by atoms with Crippen LogP contribution in [0.1, 0.15) is 104 Å².